The minimum Gasteiger partial charge on any atom is -0.497 e. The molecule has 32 heavy (non-hydrogen) atoms. The largest absolute Gasteiger partial charge is 0.497 e. The molecule has 8 heteroatoms. The van der Waals surface area contributed by atoms with Crippen molar-refractivity contribution in [3.8, 4) is 11.5 Å². The molecule has 1 amide bonds. The van der Waals surface area contributed by atoms with E-state index in [1.165, 1.54) is 11.8 Å². The Labute approximate surface area is 193 Å². The second kappa shape index (κ2) is 11.0. The van der Waals surface area contributed by atoms with Crippen LogP contribution < -0.4 is 14.8 Å². The standard InChI is InChI=1S/C24H30N4O3S/c1-16(2)14-28-23(18(4)31-21-8-6-7-20(13-21)30-5)26-27-24(28)32-15-22(29)25-19-11-9-17(3)10-12-19/h6-13,16,18H,14-15H2,1-5H3,(H,25,29). The quantitative estimate of drug-likeness (QED) is 0.428. The van der Waals surface area contributed by atoms with E-state index in [4.69, 9.17) is 9.47 Å². The lowest BCUT2D eigenvalue weighted by atomic mass is 10.2. The highest BCUT2D eigenvalue weighted by atomic mass is 32.2. The second-order valence-corrected chi connectivity index (χ2v) is 8.93. The molecule has 3 rings (SSSR count). The predicted molar refractivity (Wildman–Crippen MR) is 127 cm³/mol. The third kappa shape index (κ3) is 6.50. The minimum absolute atomic E-state index is 0.0832. The van der Waals surface area contributed by atoms with Crippen LogP contribution in [0.1, 0.15) is 38.3 Å². The molecule has 0 bridgehead atoms. The first-order chi connectivity index (χ1) is 15.4. The number of aromatic nitrogens is 3. The van der Waals surface area contributed by atoms with Gasteiger partial charge < -0.3 is 19.4 Å². The fourth-order valence-corrected chi connectivity index (χ4v) is 3.89. The van der Waals surface area contributed by atoms with Gasteiger partial charge in [0.15, 0.2) is 17.1 Å². The van der Waals surface area contributed by atoms with Crippen molar-refractivity contribution in [3.05, 3.63) is 59.9 Å². The summed E-state index contributed by atoms with van der Waals surface area (Å²) in [7, 11) is 1.63. The molecule has 0 aliphatic carbocycles. The maximum Gasteiger partial charge on any atom is 0.234 e. The molecule has 170 valence electrons. The lowest BCUT2D eigenvalue weighted by molar-refractivity contribution is -0.113. The molecule has 1 N–H and O–H groups in total. The Morgan fingerprint density at radius 2 is 1.81 bits per heavy atom. The van der Waals surface area contributed by atoms with Crippen molar-refractivity contribution in [2.45, 2.75) is 45.5 Å². The summed E-state index contributed by atoms with van der Waals surface area (Å²) in [5, 5.41) is 12.4. The van der Waals surface area contributed by atoms with E-state index >= 15 is 0 Å². The number of carbonyl (C=O) groups excluding carboxylic acids is 1. The molecule has 1 unspecified atom stereocenters. The maximum atomic E-state index is 12.4. The van der Waals surface area contributed by atoms with E-state index in [2.05, 4.69) is 29.4 Å². The van der Waals surface area contributed by atoms with Gasteiger partial charge >= 0.3 is 0 Å². The van der Waals surface area contributed by atoms with Crippen LogP contribution in [0.15, 0.2) is 53.7 Å². The number of nitrogens with one attached hydrogen (secondary N) is 1. The number of methoxy groups -OCH3 is 1. The number of rotatable bonds is 10. The zero-order valence-corrected chi connectivity index (χ0v) is 20.0. The van der Waals surface area contributed by atoms with E-state index in [1.54, 1.807) is 7.11 Å². The summed E-state index contributed by atoms with van der Waals surface area (Å²) in [6, 6.07) is 15.2. The molecule has 0 radical (unpaired) electrons. The fourth-order valence-electron chi connectivity index (χ4n) is 3.14. The number of nitrogens with zero attached hydrogens (tertiary/aromatic N) is 3. The molecule has 1 atom stereocenters. The van der Waals surface area contributed by atoms with Crippen LogP contribution in [0.25, 0.3) is 0 Å². The summed E-state index contributed by atoms with van der Waals surface area (Å²) in [5.74, 6) is 2.70. The first-order valence-corrected chi connectivity index (χ1v) is 11.6. The lowest BCUT2D eigenvalue weighted by Gasteiger charge is -2.18. The number of anilines is 1. The number of aryl methyl sites for hydroxylation is 1. The molecule has 1 heterocycles. The molecule has 7 nitrogen and oxygen atoms in total. The zero-order chi connectivity index (χ0) is 23.1. The SMILES string of the molecule is COc1cccc(OC(C)c2nnc(SCC(=O)Nc3ccc(C)cc3)n2CC(C)C)c1. The molecule has 0 saturated carbocycles. The lowest BCUT2D eigenvalue weighted by Crippen LogP contribution is -2.17. The highest BCUT2D eigenvalue weighted by Crippen LogP contribution is 2.27. The second-order valence-electron chi connectivity index (χ2n) is 7.99. The molecule has 3 aromatic rings. The van der Waals surface area contributed by atoms with Crippen LogP contribution in [0.3, 0.4) is 0 Å². The molecule has 0 aliphatic rings. The topological polar surface area (TPSA) is 78.3 Å². The summed E-state index contributed by atoms with van der Waals surface area (Å²) in [6.07, 6.45) is -0.316. The van der Waals surface area contributed by atoms with Gasteiger partial charge in [0.05, 0.1) is 12.9 Å². The van der Waals surface area contributed by atoms with Crippen molar-refractivity contribution in [1.29, 1.82) is 0 Å². The Bertz CT molecular complexity index is 1030. The van der Waals surface area contributed by atoms with E-state index < -0.39 is 0 Å². The first kappa shape index (κ1) is 23.7. The summed E-state index contributed by atoms with van der Waals surface area (Å²) >= 11 is 1.37. The van der Waals surface area contributed by atoms with Crippen LogP contribution in [0.4, 0.5) is 5.69 Å². The van der Waals surface area contributed by atoms with Crippen molar-refractivity contribution in [1.82, 2.24) is 14.8 Å². The van der Waals surface area contributed by atoms with Crippen molar-refractivity contribution in [2.75, 3.05) is 18.2 Å². The zero-order valence-electron chi connectivity index (χ0n) is 19.2. The van der Waals surface area contributed by atoms with Crippen molar-refractivity contribution in [2.24, 2.45) is 5.92 Å². The summed E-state index contributed by atoms with van der Waals surface area (Å²) < 4.78 is 13.4. The van der Waals surface area contributed by atoms with Gasteiger partial charge in [-0.05, 0) is 44.0 Å². The van der Waals surface area contributed by atoms with Crippen LogP contribution in [0.5, 0.6) is 11.5 Å². The van der Waals surface area contributed by atoms with E-state index in [0.717, 1.165) is 29.4 Å². The Morgan fingerprint density at radius 1 is 1.09 bits per heavy atom. The van der Waals surface area contributed by atoms with Gasteiger partial charge in [-0.1, -0.05) is 49.4 Å². The molecular weight excluding hydrogens is 424 g/mol. The molecule has 0 aliphatic heterocycles. The van der Waals surface area contributed by atoms with Gasteiger partial charge in [-0.2, -0.15) is 0 Å². The normalized spacial score (nSPS) is 11.9. The molecule has 0 fully saturated rings. The Kier molecular flexibility index (Phi) is 8.16. The minimum atomic E-state index is -0.316. The Balaban J connectivity index is 1.69. The first-order valence-electron chi connectivity index (χ1n) is 10.6. The van der Waals surface area contributed by atoms with E-state index in [-0.39, 0.29) is 17.8 Å². The third-order valence-corrected chi connectivity index (χ3v) is 5.65. The average Bonchev–Trinajstić information content (AvgIpc) is 3.16. The van der Waals surface area contributed by atoms with Crippen LogP contribution in [0.2, 0.25) is 0 Å². The van der Waals surface area contributed by atoms with Crippen molar-refractivity contribution >= 4 is 23.4 Å². The van der Waals surface area contributed by atoms with Crippen LogP contribution in [-0.4, -0.2) is 33.5 Å². The van der Waals surface area contributed by atoms with Crippen LogP contribution in [0, 0.1) is 12.8 Å². The molecule has 0 spiro atoms. The van der Waals surface area contributed by atoms with Gasteiger partial charge in [0.25, 0.3) is 0 Å². The highest BCUT2D eigenvalue weighted by molar-refractivity contribution is 7.99. The number of hydrogen-bond acceptors (Lipinski definition) is 6. The van der Waals surface area contributed by atoms with Gasteiger partial charge in [-0.25, -0.2) is 0 Å². The third-order valence-electron chi connectivity index (χ3n) is 4.68. The monoisotopic (exact) mass is 454 g/mol. The Hall–Kier alpha value is -3.00. The highest BCUT2D eigenvalue weighted by Gasteiger charge is 2.21. The fraction of sp³-hybridized carbons (Fsp3) is 0.375. The van der Waals surface area contributed by atoms with E-state index in [0.29, 0.717) is 16.8 Å². The molecule has 0 saturated heterocycles. The van der Waals surface area contributed by atoms with Gasteiger partial charge in [0, 0.05) is 18.3 Å². The van der Waals surface area contributed by atoms with Crippen molar-refractivity contribution < 1.29 is 14.3 Å². The van der Waals surface area contributed by atoms with E-state index in [1.807, 2.05) is 66.9 Å². The summed E-state index contributed by atoms with van der Waals surface area (Å²) in [6.45, 7) is 8.96. The Morgan fingerprint density at radius 3 is 2.50 bits per heavy atom. The van der Waals surface area contributed by atoms with Crippen LogP contribution >= 0.6 is 11.8 Å². The van der Waals surface area contributed by atoms with Gasteiger partial charge in [-0.3, -0.25) is 4.79 Å². The smallest absolute Gasteiger partial charge is 0.234 e. The average molecular weight is 455 g/mol. The van der Waals surface area contributed by atoms with Crippen LogP contribution in [-0.2, 0) is 11.3 Å². The number of carbonyl (C=O) groups is 1. The number of thioether (sulfide) groups is 1. The summed E-state index contributed by atoms with van der Waals surface area (Å²) in [4.78, 5) is 12.4. The maximum absolute atomic E-state index is 12.4. The van der Waals surface area contributed by atoms with E-state index in [9.17, 15) is 4.79 Å². The molecule has 2 aromatic carbocycles. The molecule has 1 aromatic heterocycles. The number of hydrogen-bond donors (Lipinski definition) is 1. The van der Waals surface area contributed by atoms with Gasteiger partial charge in [0.2, 0.25) is 5.91 Å². The number of benzene rings is 2. The molecular formula is C24H30N4O3S. The van der Waals surface area contributed by atoms with Crippen molar-refractivity contribution in [3.63, 3.8) is 0 Å². The number of amides is 1. The summed E-state index contributed by atoms with van der Waals surface area (Å²) in [5.41, 5.74) is 1.93. The van der Waals surface area contributed by atoms with Gasteiger partial charge in [-0.15, -0.1) is 10.2 Å². The van der Waals surface area contributed by atoms with Gasteiger partial charge in [0.1, 0.15) is 11.5 Å². The number of ether oxygens (including phenoxy) is 2. The predicted octanol–water partition coefficient (Wildman–Crippen LogP) is 5.12.